The van der Waals surface area contributed by atoms with E-state index in [1.165, 1.54) is 20.2 Å². The lowest BCUT2D eigenvalue weighted by Crippen LogP contribution is -2.34. The topological polar surface area (TPSA) is 106 Å². The molecule has 9 heteroatoms. The van der Waals surface area contributed by atoms with Crippen LogP contribution in [0.4, 0.5) is 0 Å². The maximum absolute atomic E-state index is 11.9. The fourth-order valence-corrected chi connectivity index (χ4v) is 2.21. The van der Waals surface area contributed by atoms with Crippen LogP contribution in [0.5, 0.6) is 11.5 Å². The molecule has 0 unspecified atom stereocenters. The summed E-state index contributed by atoms with van der Waals surface area (Å²) in [7, 11) is 1.44. The Kier molecular flexibility index (Phi) is 7.53. The predicted molar refractivity (Wildman–Crippen MR) is 104 cm³/mol. The van der Waals surface area contributed by atoms with Gasteiger partial charge in [0.25, 0.3) is 11.8 Å². The summed E-state index contributed by atoms with van der Waals surface area (Å²) in [4.78, 5) is 34.7. The Hall–Kier alpha value is -3.39. The third-order valence-corrected chi connectivity index (χ3v) is 3.61. The first-order valence-electron chi connectivity index (χ1n) is 8.11. The average molecular weight is 404 g/mol. The van der Waals surface area contributed by atoms with Crippen molar-refractivity contribution >= 4 is 35.6 Å². The molecule has 0 heterocycles. The van der Waals surface area contributed by atoms with E-state index >= 15 is 0 Å². The molecule has 2 aromatic carbocycles. The number of carbonyl (C=O) groups excluding carboxylic acids is 3. The molecule has 0 fully saturated rings. The van der Waals surface area contributed by atoms with Crippen LogP contribution < -0.4 is 20.2 Å². The minimum atomic E-state index is -0.498. The molecule has 8 nitrogen and oxygen atoms in total. The van der Waals surface area contributed by atoms with E-state index in [2.05, 4.69) is 15.8 Å². The fourth-order valence-electron chi connectivity index (χ4n) is 2.09. The molecule has 0 atom stereocenters. The van der Waals surface area contributed by atoms with Crippen molar-refractivity contribution in [2.24, 2.45) is 5.10 Å². The molecule has 2 amide bonds. The second-order valence-corrected chi connectivity index (χ2v) is 5.92. The third-order valence-electron chi connectivity index (χ3n) is 3.36. The van der Waals surface area contributed by atoms with Crippen LogP contribution in [0.2, 0.25) is 5.02 Å². The molecule has 0 bridgehead atoms. The molecule has 0 spiro atoms. The first kappa shape index (κ1) is 20.9. The van der Waals surface area contributed by atoms with Gasteiger partial charge in [0.15, 0.2) is 11.5 Å². The normalized spacial score (nSPS) is 10.4. The molecular weight excluding hydrogens is 386 g/mol. The largest absolute Gasteiger partial charge is 0.493 e. The molecule has 2 N–H and O–H groups in total. The number of halogens is 1. The van der Waals surface area contributed by atoms with Crippen LogP contribution in [0.15, 0.2) is 47.6 Å². The Balaban J connectivity index is 1.86. The maximum atomic E-state index is 11.9. The van der Waals surface area contributed by atoms with Crippen molar-refractivity contribution in [3.63, 3.8) is 0 Å². The molecule has 0 radical (unpaired) electrons. The van der Waals surface area contributed by atoms with Gasteiger partial charge < -0.3 is 14.8 Å². The summed E-state index contributed by atoms with van der Waals surface area (Å²) < 4.78 is 10.2. The number of amides is 2. The monoisotopic (exact) mass is 403 g/mol. The number of esters is 1. The van der Waals surface area contributed by atoms with E-state index in [1.54, 1.807) is 42.5 Å². The van der Waals surface area contributed by atoms with Crippen molar-refractivity contribution in [1.82, 2.24) is 10.7 Å². The molecule has 0 saturated carbocycles. The number of ether oxygens (including phenoxy) is 2. The number of benzene rings is 2. The highest BCUT2D eigenvalue weighted by atomic mass is 35.5. The lowest BCUT2D eigenvalue weighted by Gasteiger charge is -2.08. The van der Waals surface area contributed by atoms with Crippen LogP contribution in [0.3, 0.4) is 0 Å². The molecule has 146 valence electrons. The van der Waals surface area contributed by atoms with Crippen molar-refractivity contribution < 1.29 is 23.9 Å². The van der Waals surface area contributed by atoms with Gasteiger partial charge in [-0.05, 0) is 48.0 Å². The first-order valence-corrected chi connectivity index (χ1v) is 8.49. The van der Waals surface area contributed by atoms with Gasteiger partial charge in [0, 0.05) is 17.5 Å². The first-order chi connectivity index (χ1) is 13.4. The minimum absolute atomic E-state index is 0.243. The van der Waals surface area contributed by atoms with Crippen LogP contribution in [0.25, 0.3) is 0 Å². The van der Waals surface area contributed by atoms with Crippen molar-refractivity contribution in [2.45, 2.75) is 6.92 Å². The van der Waals surface area contributed by atoms with E-state index in [4.69, 9.17) is 21.1 Å². The highest BCUT2D eigenvalue weighted by Crippen LogP contribution is 2.27. The molecule has 0 aliphatic heterocycles. The SMILES string of the molecule is COc1cc(C=NNC(=O)CNC(=O)c2ccc(Cl)cc2)ccc1OC(C)=O. The van der Waals surface area contributed by atoms with Gasteiger partial charge in [-0.1, -0.05) is 11.6 Å². The smallest absolute Gasteiger partial charge is 0.308 e. The summed E-state index contributed by atoms with van der Waals surface area (Å²) in [6.07, 6.45) is 1.39. The number of hydrogen-bond acceptors (Lipinski definition) is 6. The minimum Gasteiger partial charge on any atom is -0.493 e. The molecule has 0 aliphatic carbocycles. The Morgan fingerprint density at radius 2 is 1.82 bits per heavy atom. The van der Waals surface area contributed by atoms with Crippen LogP contribution in [0.1, 0.15) is 22.8 Å². The number of methoxy groups -OCH3 is 1. The number of hydrazone groups is 1. The van der Waals surface area contributed by atoms with Crippen molar-refractivity contribution in [3.05, 3.63) is 58.6 Å². The lowest BCUT2D eigenvalue weighted by atomic mass is 10.2. The average Bonchev–Trinajstić information content (AvgIpc) is 2.67. The van der Waals surface area contributed by atoms with Gasteiger partial charge in [-0.3, -0.25) is 14.4 Å². The summed E-state index contributed by atoms with van der Waals surface area (Å²) in [5.41, 5.74) is 3.30. The zero-order valence-corrected chi connectivity index (χ0v) is 15.9. The van der Waals surface area contributed by atoms with E-state index in [0.717, 1.165) is 0 Å². The van der Waals surface area contributed by atoms with E-state index in [1.807, 2.05) is 0 Å². The van der Waals surface area contributed by atoms with E-state index < -0.39 is 17.8 Å². The Morgan fingerprint density at radius 1 is 1.11 bits per heavy atom. The summed E-state index contributed by atoms with van der Waals surface area (Å²) in [6, 6.07) is 11.1. The van der Waals surface area contributed by atoms with Crippen LogP contribution in [-0.2, 0) is 9.59 Å². The second kappa shape index (κ2) is 10.1. The quantitative estimate of drug-likeness (QED) is 0.319. The molecular formula is C19H18ClN3O5. The van der Waals surface area contributed by atoms with E-state index in [-0.39, 0.29) is 12.3 Å². The van der Waals surface area contributed by atoms with Crippen LogP contribution >= 0.6 is 11.6 Å². The van der Waals surface area contributed by atoms with Crippen molar-refractivity contribution in [3.8, 4) is 11.5 Å². The molecule has 0 saturated heterocycles. The number of nitrogens with zero attached hydrogens (tertiary/aromatic N) is 1. The third kappa shape index (κ3) is 6.40. The zero-order valence-electron chi connectivity index (χ0n) is 15.2. The number of hydrogen-bond donors (Lipinski definition) is 2. The number of nitrogens with one attached hydrogen (secondary N) is 2. The Labute approximate surface area is 166 Å². The second-order valence-electron chi connectivity index (χ2n) is 5.49. The van der Waals surface area contributed by atoms with E-state index in [0.29, 0.717) is 21.9 Å². The molecule has 0 aliphatic rings. The summed E-state index contributed by atoms with van der Waals surface area (Å²) in [5.74, 6) is -0.738. The maximum Gasteiger partial charge on any atom is 0.308 e. The van der Waals surface area contributed by atoms with Crippen LogP contribution in [0, 0.1) is 0 Å². The van der Waals surface area contributed by atoms with Gasteiger partial charge in [-0.25, -0.2) is 5.43 Å². The Morgan fingerprint density at radius 3 is 2.46 bits per heavy atom. The van der Waals surface area contributed by atoms with Gasteiger partial charge in [-0.15, -0.1) is 0 Å². The van der Waals surface area contributed by atoms with E-state index in [9.17, 15) is 14.4 Å². The van der Waals surface area contributed by atoms with Gasteiger partial charge in [-0.2, -0.15) is 5.10 Å². The summed E-state index contributed by atoms with van der Waals surface area (Å²) in [5, 5.41) is 6.80. The molecule has 2 rings (SSSR count). The fraction of sp³-hybridized carbons (Fsp3) is 0.158. The van der Waals surface area contributed by atoms with Gasteiger partial charge in [0.2, 0.25) is 0 Å². The van der Waals surface area contributed by atoms with Gasteiger partial charge in [0.05, 0.1) is 19.9 Å². The van der Waals surface area contributed by atoms with Crippen molar-refractivity contribution in [2.75, 3.05) is 13.7 Å². The predicted octanol–water partition coefficient (Wildman–Crippen LogP) is 2.15. The summed E-state index contributed by atoms with van der Waals surface area (Å²) >= 11 is 5.76. The summed E-state index contributed by atoms with van der Waals surface area (Å²) in [6.45, 7) is 1.05. The molecule has 0 aromatic heterocycles. The van der Waals surface area contributed by atoms with Crippen molar-refractivity contribution in [1.29, 1.82) is 0 Å². The van der Waals surface area contributed by atoms with Gasteiger partial charge in [0.1, 0.15) is 0 Å². The Bertz CT molecular complexity index is 897. The highest BCUT2D eigenvalue weighted by molar-refractivity contribution is 6.30. The number of carbonyl (C=O) groups is 3. The highest BCUT2D eigenvalue weighted by Gasteiger charge is 2.08. The van der Waals surface area contributed by atoms with Crippen LogP contribution in [-0.4, -0.2) is 37.7 Å². The number of rotatable bonds is 7. The zero-order chi connectivity index (χ0) is 20.5. The molecule has 28 heavy (non-hydrogen) atoms. The van der Waals surface area contributed by atoms with Gasteiger partial charge >= 0.3 is 5.97 Å². The molecule has 2 aromatic rings. The standard InChI is InChI=1S/C19H18ClN3O5/c1-12(24)28-16-8-3-13(9-17(16)27-2)10-22-23-18(25)11-21-19(26)14-4-6-15(20)7-5-14/h3-10H,11H2,1-2H3,(H,21,26)(H,23,25). The lowest BCUT2D eigenvalue weighted by molar-refractivity contribution is -0.132.